The van der Waals surface area contributed by atoms with Crippen molar-refractivity contribution in [2.24, 2.45) is 0 Å². The SMILES string of the molecule is C/C(=C/c1nc(C2CNCCN2C)no1)c1ccccc1C(F)(F)F.Cl. The molecule has 9 heteroatoms. The lowest BCUT2D eigenvalue weighted by Crippen LogP contribution is -2.44. The third kappa shape index (κ3) is 4.44. The Kier molecular flexibility index (Phi) is 6.44. The van der Waals surface area contributed by atoms with E-state index in [0.29, 0.717) is 17.9 Å². The molecule has 26 heavy (non-hydrogen) atoms. The topological polar surface area (TPSA) is 54.2 Å². The number of piperazine rings is 1. The first-order valence-corrected chi connectivity index (χ1v) is 7.95. The number of likely N-dealkylation sites (N-methyl/N-ethyl adjacent to an activating group) is 1. The predicted octanol–water partition coefficient (Wildman–Crippen LogP) is 3.65. The molecule has 1 aromatic carbocycles. The molecule has 2 aromatic rings. The Morgan fingerprint density at radius 2 is 2.08 bits per heavy atom. The van der Waals surface area contributed by atoms with Crippen LogP contribution in [0, 0.1) is 0 Å². The number of alkyl halides is 3. The second kappa shape index (κ2) is 8.20. The first kappa shape index (κ1) is 20.4. The van der Waals surface area contributed by atoms with Gasteiger partial charge in [-0.1, -0.05) is 23.4 Å². The molecule has 1 atom stereocenters. The van der Waals surface area contributed by atoms with Gasteiger partial charge in [0.2, 0.25) is 0 Å². The molecule has 1 fully saturated rings. The van der Waals surface area contributed by atoms with E-state index >= 15 is 0 Å². The monoisotopic (exact) mass is 388 g/mol. The van der Waals surface area contributed by atoms with Gasteiger partial charge >= 0.3 is 6.18 Å². The van der Waals surface area contributed by atoms with Gasteiger partial charge in [-0.05, 0) is 31.2 Å². The van der Waals surface area contributed by atoms with Crippen molar-refractivity contribution in [3.63, 3.8) is 0 Å². The van der Waals surface area contributed by atoms with E-state index in [1.54, 1.807) is 13.0 Å². The molecule has 1 aromatic heterocycles. The Bertz CT molecular complexity index is 775. The summed E-state index contributed by atoms with van der Waals surface area (Å²) in [7, 11) is 1.97. The predicted molar refractivity (Wildman–Crippen MR) is 94.8 cm³/mol. The molecular formula is C17H20ClF3N4O. The minimum Gasteiger partial charge on any atom is -0.335 e. The molecule has 142 valence electrons. The number of benzene rings is 1. The van der Waals surface area contributed by atoms with Crippen molar-refractivity contribution in [1.82, 2.24) is 20.4 Å². The second-order valence-electron chi connectivity index (χ2n) is 6.06. The van der Waals surface area contributed by atoms with E-state index in [2.05, 4.69) is 20.4 Å². The fraction of sp³-hybridized carbons (Fsp3) is 0.412. The first-order chi connectivity index (χ1) is 11.9. The molecule has 1 N–H and O–H groups in total. The van der Waals surface area contributed by atoms with Gasteiger partial charge in [0.15, 0.2) is 5.82 Å². The van der Waals surface area contributed by atoms with Gasteiger partial charge in [0, 0.05) is 25.7 Å². The van der Waals surface area contributed by atoms with Gasteiger partial charge in [-0.3, -0.25) is 4.90 Å². The third-order valence-electron chi connectivity index (χ3n) is 4.26. The fourth-order valence-electron chi connectivity index (χ4n) is 2.87. The number of hydrogen-bond acceptors (Lipinski definition) is 5. The molecule has 5 nitrogen and oxygen atoms in total. The molecular weight excluding hydrogens is 369 g/mol. The molecule has 0 radical (unpaired) electrons. The van der Waals surface area contributed by atoms with Crippen LogP contribution in [-0.2, 0) is 6.18 Å². The van der Waals surface area contributed by atoms with Gasteiger partial charge < -0.3 is 9.84 Å². The zero-order valence-electron chi connectivity index (χ0n) is 14.4. The second-order valence-corrected chi connectivity index (χ2v) is 6.06. The molecule has 1 saturated heterocycles. The molecule has 1 unspecified atom stereocenters. The van der Waals surface area contributed by atoms with Gasteiger partial charge in [0.05, 0.1) is 11.6 Å². The fourth-order valence-corrected chi connectivity index (χ4v) is 2.87. The van der Waals surface area contributed by atoms with Crippen LogP contribution in [0.3, 0.4) is 0 Å². The number of halogens is 4. The summed E-state index contributed by atoms with van der Waals surface area (Å²) in [5, 5.41) is 7.23. The van der Waals surface area contributed by atoms with E-state index < -0.39 is 11.7 Å². The molecule has 3 rings (SSSR count). The summed E-state index contributed by atoms with van der Waals surface area (Å²) in [6.45, 7) is 4.06. The smallest absolute Gasteiger partial charge is 0.335 e. The third-order valence-corrected chi connectivity index (χ3v) is 4.26. The summed E-state index contributed by atoms with van der Waals surface area (Å²) in [5.74, 6) is 0.723. The van der Waals surface area contributed by atoms with Crippen LogP contribution in [0.1, 0.15) is 35.8 Å². The standard InChI is InChI=1S/C17H19F3N4O.ClH/c1-11(12-5-3-4-6-13(12)17(18,19)20)9-15-22-16(23-25-15)14-10-21-7-8-24(14)2;/h3-6,9,14,21H,7-8,10H2,1-2H3;1H/b11-9-;. The van der Waals surface area contributed by atoms with E-state index in [0.717, 1.165) is 19.2 Å². The summed E-state index contributed by atoms with van der Waals surface area (Å²) < 4.78 is 44.6. The highest BCUT2D eigenvalue weighted by Crippen LogP contribution is 2.35. The summed E-state index contributed by atoms with van der Waals surface area (Å²) in [4.78, 5) is 6.44. The zero-order chi connectivity index (χ0) is 18.0. The number of hydrogen-bond donors (Lipinski definition) is 1. The van der Waals surface area contributed by atoms with Crippen molar-refractivity contribution in [2.75, 3.05) is 26.7 Å². The molecule has 0 aliphatic carbocycles. The van der Waals surface area contributed by atoms with E-state index in [9.17, 15) is 13.2 Å². The molecule has 0 amide bonds. The zero-order valence-corrected chi connectivity index (χ0v) is 15.2. The molecule has 2 heterocycles. The Morgan fingerprint density at radius 3 is 2.77 bits per heavy atom. The quantitative estimate of drug-likeness (QED) is 0.869. The van der Waals surface area contributed by atoms with E-state index in [4.69, 9.17) is 4.52 Å². The van der Waals surface area contributed by atoms with Gasteiger partial charge in [0.1, 0.15) is 0 Å². The Morgan fingerprint density at radius 1 is 1.35 bits per heavy atom. The van der Waals surface area contributed by atoms with Gasteiger partial charge in [-0.25, -0.2) is 0 Å². The van der Waals surface area contributed by atoms with Crippen LogP contribution in [0.4, 0.5) is 13.2 Å². The van der Waals surface area contributed by atoms with Crippen molar-refractivity contribution in [2.45, 2.75) is 19.1 Å². The summed E-state index contributed by atoms with van der Waals surface area (Å²) in [5.41, 5.74) is -0.163. The Hall–Kier alpha value is -1.90. The van der Waals surface area contributed by atoms with Crippen LogP contribution in [0.15, 0.2) is 28.8 Å². The minimum absolute atomic E-state index is 0. The highest BCUT2D eigenvalue weighted by molar-refractivity contribution is 5.85. The van der Waals surface area contributed by atoms with Gasteiger partial charge in [0.25, 0.3) is 5.89 Å². The normalized spacial score (nSPS) is 19.3. The van der Waals surface area contributed by atoms with Crippen LogP contribution >= 0.6 is 12.4 Å². The number of nitrogens with one attached hydrogen (secondary N) is 1. The molecule has 1 aliphatic rings. The summed E-state index contributed by atoms with van der Waals surface area (Å²) in [6, 6.07) is 5.43. The van der Waals surface area contributed by atoms with Crippen LogP contribution in [0.2, 0.25) is 0 Å². The number of rotatable bonds is 3. The number of aromatic nitrogens is 2. The Balaban J connectivity index is 0.00000243. The highest BCUT2D eigenvalue weighted by atomic mass is 35.5. The first-order valence-electron chi connectivity index (χ1n) is 7.95. The minimum atomic E-state index is -4.41. The lowest BCUT2D eigenvalue weighted by molar-refractivity contribution is -0.137. The molecule has 1 aliphatic heterocycles. The van der Waals surface area contributed by atoms with Crippen molar-refractivity contribution in [1.29, 1.82) is 0 Å². The maximum atomic E-state index is 13.1. The lowest BCUT2D eigenvalue weighted by Gasteiger charge is -2.30. The number of allylic oxidation sites excluding steroid dienone is 1. The van der Waals surface area contributed by atoms with Crippen molar-refractivity contribution < 1.29 is 17.7 Å². The molecule has 0 saturated carbocycles. The average molecular weight is 389 g/mol. The Labute approximate surface area is 155 Å². The van der Waals surface area contributed by atoms with Crippen molar-refractivity contribution in [3.05, 3.63) is 47.1 Å². The molecule has 0 bridgehead atoms. The van der Waals surface area contributed by atoms with Crippen LogP contribution < -0.4 is 5.32 Å². The maximum absolute atomic E-state index is 13.1. The van der Waals surface area contributed by atoms with E-state index in [1.807, 2.05) is 7.05 Å². The van der Waals surface area contributed by atoms with Crippen molar-refractivity contribution in [3.8, 4) is 0 Å². The van der Waals surface area contributed by atoms with E-state index in [1.165, 1.54) is 18.2 Å². The van der Waals surface area contributed by atoms with Crippen molar-refractivity contribution >= 4 is 24.1 Å². The number of nitrogens with zero attached hydrogens (tertiary/aromatic N) is 3. The van der Waals surface area contributed by atoms with Crippen LogP contribution in [0.5, 0.6) is 0 Å². The highest BCUT2D eigenvalue weighted by Gasteiger charge is 2.33. The molecule has 0 spiro atoms. The van der Waals surface area contributed by atoms with Gasteiger partial charge in [-0.15, -0.1) is 12.4 Å². The van der Waals surface area contributed by atoms with Gasteiger partial charge in [-0.2, -0.15) is 18.2 Å². The summed E-state index contributed by atoms with van der Waals surface area (Å²) in [6.07, 6.45) is -2.93. The van der Waals surface area contributed by atoms with E-state index in [-0.39, 0.29) is 29.9 Å². The van der Waals surface area contributed by atoms with Crippen LogP contribution in [0.25, 0.3) is 11.6 Å². The maximum Gasteiger partial charge on any atom is 0.416 e. The largest absolute Gasteiger partial charge is 0.416 e. The van der Waals surface area contributed by atoms with Crippen LogP contribution in [-0.4, -0.2) is 41.7 Å². The average Bonchev–Trinajstić information content (AvgIpc) is 3.02. The summed E-state index contributed by atoms with van der Waals surface area (Å²) >= 11 is 0. The lowest BCUT2D eigenvalue weighted by atomic mass is 10.0.